The summed E-state index contributed by atoms with van der Waals surface area (Å²) in [4.78, 5) is 0. The van der Waals surface area contributed by atoms with Gasteiger partial charge in [0.25, 0.3) is 0 Å². The molecule has 0 amide bonds. The van der Waals surface area contributed by atoms with Gasteiger partial charge in [0.05, 0.1) is 0 Å². The maximum Gasteiger partial charge on any atom is -0.00792 e. The second-order valence-corrected chi connectivity index (χ2v) is 15.4. The fraction of sp³-hybridized carbons (Fsp3) is 1.00. The molecule has 0 aliphatic heterocycles. The van der Waals surface area contributed by atoms with E-state index in [1.54, 1.807) is 77.0 Å². The molecule has 0 radical (unpaired) electrons. The minimum Gasteiger partial charge on any atom is -0.0913 e. The Kier molecular flexibility index (Phi) is 3.24. The van der Waals surface area contributed by atoms with E-state index < -0.39 is 0 Å². The van der Waals surface area contributed by atoms with Gasteiger partial charge in [-0.3, -0.25) is 0 Å². The first-order chi connectivity index (χ1) is 11.5. The zero-order valence-corrected chi connectivity index (χ0v) is 16.9. The molecule has 0 saturated heterocycles. The van der Waals surface area contributed by atoms with Crippen molar-refractivity contribution in [2.24, 2.45) is 35.5 Å². The van der Waals surface area contributed by atoms with E-state index in [0.29, 0.717) is 0 Å². The Balaban J connectivity index is 1.41. The van der Waals surface area contributed by atoms with E-state index in [2.05, 4.69) is 13.8 Å². The first kappa shape index (κ1) is 15.5. The van der Waals surface area contributed by atoms with Gasteiger partial charge in [0.2, 0.25) is 0 Å². The summed E-state index contributed by atoms with van der Waals surface area (Å²) in [5.74, 6) is 6.88. The Hall–Kier alpha value is 0.430. The summed E-state index contributed by atoms with van der Waals surface area (Å²) in [6, 6.07) is 0. The molecule has 24 heavy (non-hydrogen) atoms. The second kappa shape index (κ2) is 5.03. The van der Waals surface area contributed by atoms with Crippen molar-refractivity contribution in [3.63, 3.8) is 0 Å². The van der Waals surface area contributed by atoms with E-state index in [0.717, 1.165) is 51.5 Å². The monoisotopic (exact) mass is 344 g/mol. The van der Waals surface area contributed by atoms with Crippen molar-refractivity contribution in [2.75, 3.05) is 0 Å². The first-order valence-corrected chi connectivity index (χ1v) is 12.7. The van der Waals surface area contributed by atoms with Gasteiger partial charge in [-0.2, -0.15) is 0 Å². The van der Waals surface area contributed by atoms with Crippen molar-refractivity contribution in [1.82, 2.24) is 0 Å². The molecule has 8 aliphatic carbocycles. The lowest BCUT2D eigenvalue weighted by Gasteiger charge is -2.68. The molecule has 0 aromatic heterocycles. The maximum atomic E-state index is 2.66. The Morgan fingerprint density at radius 3 is 1.00 bits per heavy atom. The molecule has 8 bridgehead atoms. The van der Waals surface area contributed by atoms with Crippen LogP contribution in [-0.2, 0) is 0 Å². The van der Waals surface area contributed by atoms with Crippen molar-refractivity contribution in [2.45, 2.75) is 107 Å². The summed E-state index contributed by atoms with van der Waals surface area (Å²) in [7, 11) is 0.232. The minimum absolute atomic E-state index is 0.232. The van der Waals surface area contributed by atoms with Crippen LogP contribution in [0.15, 0.2) is 0 Å². The van der Waals surface area contributed by atoms with Crippen LogP contribution < -0.4 is 0 Å². The molecule has 8 aliphatic rings. The van der Waals surface area contributed by atoms with E-state index in [4.69, 9.17) is 0 Å². The third kappa shape index (κ3) is 2.08. The van der Waals surface area contributed by atoms with E-state index in [9.17, 15) is 0 Å². The number of rotatable bonds is 3. The van der Waals surface area contributed by atoms with Crippen LogP contribution in [0.4, 0.5) is 0 Å². The lowest BCUT2D eigenvalue weighted by atomic mass is 9.55. The van der Waals surface area contributed by atoms with E-state index >= 15 is 0 Å². The summed E-state index contributed by atoms with van der Waals surface area (Å²) in [5.41, 5.74) is 0.993. The predicted molar refractivity (Wildman–Crippen MR) is 104 cm³/mol. The molecule has 0 heterocycles. The zero-order valence-electron chi connectivity index (χ0n) is 16.0. The lowest BCUT2D eigenvalue weighted by molar-refractivity contribution is 0.0180. The third-order valence-corrected chi connectivity index (χ3v) is 13.7. The Morgan fingerprint density at radius 2 is 0.792 bits per heavy atom. The fourth-order valence-corrected chi connectivity index (χ4v) is 16.2. The molecule has 8 fully saturated rings. The van der Waals surface area contributed by atoms with Crippen molar-refractivity contribution in [3.05, 3.63) is 0 Å². The molecule has 0 unspecified atom stereocenters. The van der Waals surface area contributed by atoms with E-state index in [-0.39, 0.29) is 7.92 Å². The van der Waals surface area contributed by atoms with Crippen LogP contribution in [-0.4, -0.2) is 16.0 Å². The highest BCUT2D eigenvalue weighted by atomic mass is 31.1. The van der Waals surface area contributed by atoms with E-state index in [1.165, 1.54) is 0 Å². The minimum atomic E-state index is 0.232. The third-order valence-electron chi connectivity index (χ3n) is 9.55. The Labute approximate surface area is 150 Å². The average Bonchev–Trinajstić information content (AvgIpc) is 2.42. The molecular formula is C23H37P. The first-order valence-electron chi connectivity index (χ1n) is 11.3. The topological polar surface area (TPSA) is 0 Å². The predicted octanol–water partition coefficient (Wildman–Crippen LogP) is 6.81. The largest absolute Gasteiger partial charge is 0.0913 e. The van der Waals surface area contributed by atoms with Crippen LogP contribution in [0.25, 0.3) is 0 Å². The van der Waals surface area contributed by atoms with Gasteiger partial charge in [-0.25, -0.2) is 0 Å². The summed E-state index contributed by atoms with van der Waals surface area (Å²) in [6.45, 7) is 5.31. The summed E-state index contributed by atoms with van der Waals surface area (Å²) < 4.78 is 0. The van der Waals surface area contributed by atoms with Crippen molar-refractivity contribution in [1.29, 1.82) is 0 Å². The molecule has 1 heteroatoms. The quantitative estimate of drug-likeness (QED) is 0.493. The molecule has 0 nitrogen and oxygen atoms in total. The van der Waals surface area contributed by atoms with Crippen LogP contribution in [0.3, 0.4) is 0 Å². The number of hydrogen-bond acceptors (Lipinski definition) is 0. The maximum absolute atomic E-state index is 2.66. The van der Waals surface area contributed by atoms with Gasteiger partial charge >= 0.3 is 0 Å². The van der Waals surface area contributed by atoms with Gasteiger partial charge in [0, 0.05) is 0 Å². The zero-order chi connectivity index (χ0) is 16.1. The molecule has 8 rings (SSSR count). The molecular weight excluding hydrogens is 307 g/mol. The summed E-state index contributed by atoms with van der Waals surface area (Å²) in [6.07, 6.45) is 19.8. The molecule has 134 valence electrons. The van der Waals surface area contributed by atoms with Gasteiger partial charge < -0.3 is 0 Å². The summed E-state index contributed by atoms with van der Waals surface area (Å²) >= 11 is 0. The Morgan fingerprint density at radius 1 is 0.542 bits per heavy atom. The second-order valence-electron chi connectivity index (χ2n) is 11.7. The van der Waals surface area contributed by atoms with Gasteiger partial charge in [-0.05, 0) is 129 Å². The highest BCUT2D eigenvalue weighted by Crippen LogP contribution is 2.80. The van der Waals surface area contributed by atoms with Gasteiger partial charge in [0.1, 0.15) is 0 Å². The van der Waals surface area contributed by atoms with Gasteiger partial charge in [0.15, 0.2) is 0 Å². The fourth-order valence-electron chi connectivity index (χ4n) is 10.3. The van der Waals surface area contributed by atoms with Crippen LogP contribution in [0.1, 0.15) is 90.9 Å². The van der Waals surface area contributed by atoms with E-state index in [1.807, 2.05) is 0 Å². The molecule has 0 N–H and O–H groups in total. The molecule has 0 spiro atoms. The Bertz CT molecular complexity index is 418. The molecule has 0 atom stereocenters. The normalized spacial score (nSPS) is 58.6. The summed E-state index contributed by atoms with van der Waals surface area (Å²) in [5, 5.41) is 1.70. The highest BCUT2D eigenvalue weighted by molar-refractivity contribution is 7.61. The van der Waals surface area contributed by atoms with Crippen LogP contribution in [0.2, 0.25) is 0 Å². The standard InChI is InChI=1S/C23H37P/c1-15(2)24(22-9-16-3-17(10-22)5-18(4-16)11-22)23-12-19-6-20(13-23)8-21(7-19)14-23/h15-21H,3-14H2,1-2H3. The van der Waals surface area contributed by atoms with Gasteiger partial charge in [-0.15, -0.1) is 0 Å². The van der Waals surface area contributed by atoms with Crippen molar-refractivity contribution in [3.8, 4) is 0 Å². The molecule has 0 aromatic carbocycles. The van der Waals surface area contributed by atoms with Gasteiger partial charge in [-0.1, -0.05) is 21.8 Å². The molecule has 8 saturated carbocycles. The van der Waals surface area contributed by atoms with Crippen LogP contribution in [0.5, 0.6) is 0 Å². The lowest BCUT2D eigenvalue weighted by Crippen LogP contribution is -2.57. The average molecular weight is 345 g/mol. The van der Waals surface area contributed by atoms with Crippen molar-refractivity contribution >= 4 is 7.92 Å². The smallest absolute Gasteiger partial charge is 0.00792 e. The van der Waals surface area contributed by atoms with Crippen LogP contribution >= 0.6 is 7.92 Å². The SMILES string of the molecule is CC(C)P(C12CC3CC(CC(C3)C1)C2)C12CC3CC(CC(C3)C1)C2. The van der Waals surface area contributed by atoms with Crippen molar-refractivity contribution < 1.29 is 0 Å². The highest BCUT2D eigenvalue weighted by Gasteiger charge is 2.62. The number of hydrogen-bond donors (Lipinski definition) is 0. The van der Waals surface area contributed by atoms with Crippen LogP contribution in [0, 0.1) is 35.5 Å². The molecule has 0 aromatic rings.